The van der Waals surface area contributed by atoms with Gasteiger partial charge in [-0.2, -0.15) is 0 Å². The van der Waals surface area contributed by atoms with E-state index in [0.717, 1.165) is 24.0 Å². The summed E-state index contributed by atoms with van der Waals surface area (Å²) in [6.45, 7) is 15.4. The lowest BCUT2D eigenvalue weighted by Crippen LogP contribution is -2.31. The monoisotopic (exact) mass is 453 g/mol. The molecule has 0 saturated carbocycles. The molecule has 2 rings (SSSR count). The average Bonchev–Trinajstić information content (AvgIpc) is 2.71. The van der Waals surface area contributed by atoms with Crippen molar-refractivity contribution in [3.05, 3.63) is 58.7 Å². The maximum atomic E-state index is 13.5. The molecule has 3 N–H and O–H groups in total. The summed E-state index contributed by atoms with van der Waals surface area (Å²) in [5, 5.41) is 24.7. The molecule has 0 spiro atoms. The second kappa shape index (κ2) is 11.1. The number of hydrogen-bond acceptors (Lipinski definition) is 3. The molecule has 0 saturated heterocycles. The first kappa shape index (κ1) is 26.8. The molecule has 4 nitrogen and oxygen atoms in total. The SMILES string of the molecule is CCCCCCCNC(=O)C(c1cc(C(C)(C)C)ccc1O)c1cc(C(C)(C)C)ccc1O. The molecule has 0 aromatic heterocycles. The highest BCUT2D eigenvalue weighted by atomic mass is 16.3. The summed E-state index contributed by atoms with van der Waals surface area (Å²) in [5.74, 6) is -0.878. The normalized spacial score (nSPS) is 12.2. The summed E-state index contributed by atoms with van der Waals surface area (Å²) in [6.07, 6.45) is 5.55. The van der Waals surface area contributed by atoms with Gasteiger partial charge in [-0.25, -0.2) is 0 Å². The van der Waals surface area contributed by atoms with Crippen molar-refractivity contribution in [1.82, 2.24) is 5.32 Å². The molecule has 0 unspecified atom stereocenters. The minimum absolute atomic E-state index is 0.0617. The van der Waals surface area contributed by atoms with E-state index < -0.39 is 5.92 Å². The van der Waals surface area contributed by atoms with Gasteiger partial charge in [0, 0.05) is 17.7 Å². The van der Waals surface area contributed by atoms with Gasteiger partial charge in [0.2, 0.25) is 5.91 Å². The van der Waals surface area contributed by atoms with Crippen molar-refractivity contribution in [2.45, 2.75) is 97.3 Å². The lowest BCUT2D eigenvalue weighted by molar-refractivity contribution is -0.121. The third kappa shape index (κ3) is 7.25. The molecule has 2 aromatic carbocycles. The zero-order valence-electron chi connectivity index (χ0n) is 21.6. The summed E-state index contributed by atoms with van der Waals surface area (Å²) in [6, 6.07) is 10.9. The molecular weight excluding hydrogens is 410 g/mol. The topological polar surface area (TPSA) is 69.6 Å². The number of benzene rings is 2. The van der Waals surface area contributed by atoms with Gasteiger partial charge < -0.3 is 15.5 Å². The van der Waals surface area contributed by atoms with E-state index in [0.29, 0.717) is 17.7 Å². The Bertz CT molecular complexity index is 871. The van der Waals surface area contributed by atoms with E-state index in [4.69, 9.17) is 0 Å². The maximum absolute atomic E-state index is 13.5. The number of unbranched alkanes of at least 4 members (excludes halogenated alkanes) is 4. The molecular formula is C29H43NO3. The van der Waals surface area contributed by atoms with Crippen molar-refractivity contribution in [3.63, 3.8) is 0 Å². The summed E-state index contributed by atoms with van der Waals surface area (Å²) in [7, 11) is 0. The average molecular weight is 454 g/mol. The van der Waals surface area contributed by atoms with E-state index in [1.165, 1.54) is 19.3 Å². The second-order valence-corrected chi connectivity index (χ2v) is 11.2. The van der Waals surface area contributed by atoms with Gasteiger partial charge in [0.05, 0.1) is 5.92 Å². The Morgan fingerprint density at radius 3 is 1.67 bits per heavy atom. The van der Waals surface area contributed by atoms with E-state index in [-0.39, 0.29) is 28.2 Å². The molecule has 0 aliphatic carbocycles. The molecule has 0 bridgehead atoms. The first-order valence-corrected chi connectivity index (χ1v) is 12.3. The van der Waals surface area contributed by atoms with Gasteiger partial charge in [-0.05, 0) is 40.5 Å². The van der Waals surface area contributed by atoms with Gasteiger partial charge in [0.15, 0.2) is 0 Å². The van der Waals surface area contributed by atoms with Gasteiger partial charge in [0.25, 0.3) is 0 Å². The van der Waals surface area contributed by atoms with E-state index in [1.807, 2.05) is 24.3 Å². The largest absolute Gasteiger partial charge is 0.508 e. The highest BCUT2D eigenvalue weighted by Crippen LogP contribution is 2.40. The van der Waals surface area contributed by atoms with Crippen LogP contribution in [0.5, 0.6) is 11.5 Å². The minimum Gasteiger partial charge on any atom is -0.508 e. The fraction of sp³-hybridized carbons (Fsp3) is 0.552. The first-order valence-electron chi connectivity index (χ1n) is 12.3. The molecule has 4 heteroatoms. The highest BCUT2D eigenvalue weighted by Gasteiger charge is 2.30. The number of aromatic hydroxyl groups is 2. The molecule has 0 aliphatic heterocycles. The van der Waals surface area contributed by atoms with Gasteiger partial charge in [0.1, 0.15) is 11.5 Å². The van der Waals surface area contributed by atoms with Gasteiger partial charge in [-0.1, -0.05) is 98.4 Å². The predicted octanol–water partition coefficient (Wildman–Crippen LogP) is 6.91. The molecule has 0 atom stereocenters. The first-order chi connectivity index (χ1) is 15.4. The second-order valence-electron chi connectivity index (χ2n) is 11.2. The van der Waals surface area contributed by atoms with Crippen LogP contribution in [0, 0.1) is 0 Å². The Labute approximate surface area is 200 Å². The predicted molar refractivity (Wildman–Crippen MR) is 137 cm³/mol. The van der Waals surface area contributed by atoms with Crippen molar-refractivity contribution in [2.24, 2.45) is 0 Å². The quantitative estimate of drug-likeness (QED) is 0.361. The van der Waals surface area contributed by atoms with Gasteiger partial charge in [-0.15, -0.1) is 0 Å². The molecule has 33 heavy (non-hydrogen) atoms. The van der Waals surface area contributed by atoms with E-state index >= 15 is 0 Å². The molecule has 0 heterocycles. The number of phenolic OH excluding ortho intramolecular Hbond substituents is 2. The third-order valence-corrected chi connectivity index (χ3v) is 6.25. The van der Waals surface area contributed by atoms with E-state index in [2.05, 4.69) is 53.8 Å². The number of phenols is 2. The number of rotatable bonds is 9. The van der Waals surface area contributed by atoms with Crippen molar-refractivity contribution >= 4 is 5.91 Å². The van der Waals surface area contributed by atoms with Crippen molar-refractivity contribution in [1.29, 1.82) is 0 Å². The van der Waals surface area contributed by atoms with E-state index in [9.17, 15) is 15.0 Å². The number of nitrogens with one attached hydrogen (secondary N) is 1. The molecule has 2 aromatic rings. The zero-order chi connectivity index (χ0) is 24.8. The van der Waals surface area contributed by atoms with Crippen LogP contribution in [-0.4, -0.2) is 22.7 Å². The molecule has 0 aliphatic rings. The summed E-state index contributed by atoms with van der Waals surface area (Å²) >= 11 is 0. The lowest BCUT2D eigenvalue weighted by atomic mass is 9.80. The van der Waals surface area contributed by atoms with Gasteiger partial charge in [-0.3, -0.25) is 4.79 Å². The Balaban J connectivity index is 2.50. The third-order valence-electron chi connectivity index (χ3n) is 6.25. The summed E-state index contributed by atoms with van der Waals surface area (Å²) < 4.78 is 0. The van der Waals surface area contributed by atoms with E-state index in [1.54, 1.807) is 12.1 Å². The molecule has 0 fully saturated rings. The Morgan fingerprint density at radius 2 is 1.24 bits per heavy atom. The fourth-order valence-electron chi connectivity index (χ4n) is 4.00. The van der Waals surface area contributed by atoms with Crippen LogP contribution >= 0.6 is 0 Å². The number of carbonyl (C=O) groups is 1. The fourth-order valence-corrected chi connectivity index (χ4v) is 4.00. The summed E-state index contributed by atoms with van der Waals surface area (Å²) in [5.41, 5.74) is 2.81. The standard InChI is InChI=1S/C29H43NO3/c1-8-9-10-11-12-17-30-27(33)26(22-18-20(28(2,3)4)13-15-24(22)31)23-19-21(29(5,6)7)14-16-25(23)32/h13-16,18-19,26,31-32H,8-12,17H2,1-7H3,(H,30,33). The molecule has 1 amide bonds. The number of carbonyl (C=O) groups excluding carboxylic acids is 1. The Kier molecular flexibility index (Phi) is 8.99. The Hall–Kier alpha value is -2.49. The van der Waals surface area contributed by atoms with Crippen LogP contribution in [0.2, 0.25) is 0 Å². The number of hydrogen-bond donors (Lipinski definition) is 3. The Morgan fingerprint density at radius 1 is 0.788 bits per heavy atom. The highest BCUT2D eigenvalue weighted by molar-refractivity contribution is 5.89. The van der Waals surface area contributed by atoms with Gasteiger partial charge >= 0.3 is 0 Å². The van der Waals surface area contributed by atoms with Crippen LogP contribution in [-0.2, 0) is 15.6 Å². The van der Waals surface area contributed by atoms with Crippen LogP contribution in [0.1, 0.15) is 109 Å². The smallest absolute Gasteiger partial charge is 0.232 e. The van der Waals surface area contributed by atoms with Crippen molar-refractivity contribution < 1.29 is 15.0 Å². The summed E-state index contributed by atoms with van der Waals surface area (Å²) in [4.78, 5) is 13.5. The van der Waals surface area contributed by atoms with Crippen LogP contribution in [0.15, 0.2) is 36.4 Å². The zero-order valence-corrected chi connectivity index (χ0v) is 21.6. The maximum Gasteiger partial charge on any atom is 0.232 e. The molecule has 182 valence electrons. The van der Waals surface area contributed by atoms with Crippen LogP contribution in [0.4, 0.5) is 0 Å². The van der Waals surface area contributed by atoms with Crippen LogP contribution < -0.4 is 5.32 Å². The van der Waals surface area contributed by atoms with Crippen LogP contribution in [0.3, 0.4) is 0 Å². The molecule has 0 radical (unpaired) electrons. The van der Waals surface area contributed by atoms with Crippen molar-refractivity contribution in [3.8, 4) is 11.5 Å². The van der Waals surface area contributed by atoms with Crippen LogP contribution in [0.25, 0.3) is 0 Å². The number of amides is 1. The van der Waals surface area contributed by atoms with Crippen molar-refractivity contribution in [2.75, 3.05) is 6.54 Å². The minimum atomic E-state index is -0.801. The lowest BCUT2D eigenvalue weighted by Gasteiger charge is -2.26.